The molecule has 1 heterocycles. The molecule has 4 heteroatoms. The van der Waals surface area contributed by atoms with Gasteiger partial charge in [0.1, 0.15) is 0 Å². The largest absolute Gasteiger partial charge is 0.481 e. The van der Waals surface area contributed by atoms with E-state index in [2.05, 4.69) is 9.97 Å². The zero-order chi connectivity index (χ0) is 8.27. The first-order valence-electron chi connectivity index (χ1n) is 3.43. The second-order valence-electron chi connectivity index (χ2n) is 2.12. The number of hydrogen-bond donors (Lipinski definition) is 1. The van der Waals surface area contributed by atoms with E-state index in [-0.39, 0.29) is 5.95 Å². The lowest BCUT2D eigenvalue weighted by Gasteiger charge is -2.03. The maximum Gasteiger partial charge on any atom is 0.223 e. The van der Waals surface area contributed by atoms with E-state index in [9.17, 15) is 0 Å². The van der Waals surface area contributed by atoms with E-state index in [1.807, 2.05) is 6.92 Å². The zero-order valence-corrected chi connectivity index (χ0v) is 6.66. The van der Waals surface area contributed by atoms with Crippen molar-refractivity contribution in [3.8, 4) is 5.88 Å². The molecule has 0 atom stereocenters. The van der Waals surface area contributed by atoms with Crippen molar-refractivity contribution in [3.05, 3.63) is 11.8 Å². The van der Waals surface area contributed by atoms with Crippen LogP contribution >= 0.6 is 0 Å². The lowest BCUT2D eigenvalue weighted by Crippen LogP contribution is -2.00. The van der Waals surface area contributed by atoms with Gasteiger partial charge in [-0.05, 0) is 6.42 Å². The molecule has 0 bridgehead atoms. The molecular formula is C7H11N3O. The van der Waals surface area contributed by atoms with Gasteiger partial charge in [-0.15, -0.1) is 0 Å². The highest BCUT2D eigenvalue weighted by Gasteiger charge is 2.02. The minimum atomic E-state index is 0.249. The van der Waals surface area contributed by atoms with Crippen LogP contribution in [-0.2, 0) is 6.42 Å². The molecular weight excluding hydrogens is 142 g/mol. The number of aromatic nitrogens is 2. The highest BCUT2D eigenvalue weighted by Crippen LogP contribution is 2.14. The monoisotopic (exact) mass is 153 g/mol. The van der Waals surface area contributed by atoms with Crippen LogP contribution in [0.4, 0.5) is 5.95 Å². The van der Waals surface area contributed by atoms with Crippen LogP contribution < -0.4 is 10.5 Å². The van der Waals surface area contributed by atoms with Crippen molar-refractivity contribution in [2.75, 3.05) is 12.8 Å². The minimum absolute atomic E-state index is 0.249. The van der Waals surface area contributed by atoms with Crippen LogP contribution in [0.3, 0.4) is 0 Å². The van der Waals surface area contributed by atoms with Crippen LogP contribution in [0.5, 0.6) is 5.88 Å². The Morgan fingerprint density at radius 3 is 2.91 bits per heavy atom. The first kappa shape index (κ1) is 7.78. The number of nitrogens with two attached hydrogens (primary N) is 1. The van der Waals surface area contributed by atoms with Crippen molar-refractivity contribution >= 4 is 5.95 Å². The molecule has 0 fully saturated rings. The Bertz CT molecular complexity index is 249. The summed E-state index contributed by atoms with van der Waals surface area (Å²) < 4.78 is 4.99. The predicted molar refractivity (Wildman–Crippen MR) is 42.4 cm³/mol. The smallest absolute Gasteiger partial charge is 0.223 e. The summed E-state index contributed by atoms with van der Waals surface area (Å²) in [6, 6.07) is 0. The van der Waals surface area contributed by atoms with Gasteiger partial charge in [-0.1, -0.05) is 6.92 Å². The van der Waals surface area contributed by atoms with Crippen LogP contribution in [0.1, 0.15) is 12.5 Å². The van der Waals surface area contributed by atoms with Gasteiger partial charge in [-0.2, -0.15) is 4.98 Å². The molecule has 0 aliphatic heterocycles. The minimum Gasteiger partial charge on any atom is -0.481 e. The van der Waals surface area contributed by atoms with Gasteiger partial charge >= 0.3 is 0 Å². The summed E-state index contributed by atoms with van der Waals surface area (Å²) in [4.78, 5) is 7.75. The highest BCUT2D eigenvalue weighted by molar-refractivity contribution is 5.29. The van der Waals surface area contributed by atoms with Gasteiger partial charge in [-0.25, -0.2) is 4.98 Å². The van der Waals surface area contributed by atoms with E-state index >= 15 is 0 Å². The molecule has 0 saturated heterocycles. The molecule has 1 aromatic rings. The standard InChI is InChI=1S/C7H11N3O/c1-3-5-4-9-7(8)10-6(5)11-2/h4H,3H2,1-2H3,(H2,8,9,10). The Balaban J connectivity index is 3.06. The van der Waals surface area contributed by atoms with Crippen molar-refractivity contribution in [2.45, 2.75) is 13.3 Å². The number of nitrogens with zero attached hydrogens (tertiary/aromatic N) is 2. The first-order valence-corrected chi connectivity index (χ1v) is 3.43. The average molecular weight is 153 g/mol. The van der Waals surface area contributed by atoms with Gasteiger partial charge in [0, 0.05) is 11.8 Å². The summed E-state index contributed by atoms with van der Waals surface area (Å²) in [6.45, 7) is 2.01. The van der Waals surface area contributed by atoms with E-state index < -0.39 is 0 Å². The molecule has 0 aromatic carbocycles. The number of anilines is 1. The van der Waals surface area contributed by atoms with E-state index in [4.69, 9.17) is 10.5 Å². The Labute approximate surface area is 65.4 Å². The van der Waals surface area contributed by atoms with Crippen LogP contribution in [0.15, 0.2) is 6.20 Å². The lowest BCUT2D eigenvalue weighted by molar-refractivity contribution is 0.392. The maximum absolute atomic E-state index is 5.36. The molecule has 1 rings (SSSR count). The molecule has 0 amide bonds. The second kappa shape index (κ2) is 3.18. The number of rotatable bonds is 2. The summed E-state index contributed by atoms with van der Waals surface area (Å²) in [5, 5.41) is 0. The second-order valence-corrected chi connectivity index (χ2v) is 2.12. The van der Waals surface area contributed by atoms with Crippen LogP contribution in [0.2, 0.25) is 0 Å². The van der Waals surface area contributed by atoms with Crippen molar-refractivity contribution in [1.82, 2.24) is 9.97 Å². The van der Waals surface area contributed by atoms with Crippen molar-refractivity contribution in [2.24, 2.45) is 0 Å². The molecule has 0 radical (unpaired) electrons. The number of aryl methyl sites for hydroxylation is 1. The summed E-state index contributed by atoms with van der Waals surface area (Å²) in [5.74, 6) is 0.819. The zero-order valence-electron chi connectivity index (χ0n) is 6.66. The number of ether oxygens (including phenoxy) is 1. The third-order valence-corrected chi connectivity index (χ3v) is 1.42. The number of methoxy groups -OCH3 is 1. The Morgan fingerprint density at radius 2 is 2.36 bits per heavy atom. The molecule has 2 N–H and O–H groups in total. The predicted octanol–water partition coefficient (Wildman–Crippen LogP) is 0.630. The van der Waals surface area contributed by atoms with Crippen molar-refractivity contribution in [3.63, 3.8) is 0 Å². The summed E-state index contributed by atoms with van der Waals surface area (Å²) in [7, 11) is 1.57. The molecule has 60 valence electrons. The van der Waals surface area contributed by atoms with Gasteiger partial charge in [-0.3, -0.25) is 0 Å². The Hall–Kier alpha value is -1.32. The number of nitrogen functional groups attached to an aromatic ring is 1. The fraction of sp³-hybridized carbons (Fsp3) is 0.429. The number of hydrogen-bond acceptors (Lipinski definition) is 4. The van der Waals surface area contributed by atoms with E-state index in [0.717, 1.165) is 12.0 Å². The van der Waals surface area contributed by atoms with Gasteiger partial charge in [0.25, 0.3) is 0 Å². The Kier molecular flexibility index (Phi) is 2.25. The van der Waals surface area contributed by atoms with Crippen LogP contribution in [0, 0.1) is 0 Å². The summed E-state index contributed by atoms with van der Waals surface area (Å²) >= 11 is 0. The van der Waals surface area contributed by atoms with Crippen molar-refractivity contribution < 1.29 is 4.74 Å². The molecule has 0 saturated carbocycles. The van der Waals surface area contributed by atoms with Gasteiger partial charge in [0.15, 0.2) is 0 Å². The Morgan fingerprint density at radius 1 is 1.64 bits per heavy atom. The molecule has 0 spiro atoms. The normalized spacial score (nSPS) is 9.64. The first-order chi connectivity index (χ1) is 5.27. The van der Waals surface area contributed by atoms with Crippen LogP contribution in [0.25, 0.3) is 0 Å². The highest BCUT2D eigenvalue weighted by atomic mass is 16.5. The van der Waals surface area contributed by atoms with Gasteiger partial charge in [0.05, 0.1) is 7.11 Å². The quantitative estimate of drug-likeness (QED) is 0.677. The summed E-state index contributed by atoms with van der Waals surface area (Å²) in [5.41, 5.74) is 6.33. The third kappa shape index (κ3) is 1.58. The fourth-order valence-corrected chi connectivity index (χ4v) is 0.823. The molecule has 1 aromatic heterocycles. The third-order valence-electron chi connectivity index (χ3n) is 1.42. The molecule has 11 heavy (non-hydrogen) atoms. The molecule has 0 aliphatic rings. The lowest BCUT2D eigenvalue weighted by atomic mass is 10.2. The molecule has 0 unspecified atom stereocenters. The summed E-state index contributed by atoms with van der Waals surface area (Å²) in [6.07, 6.45) is 2.53. The topological polar surface area (TPSA) is 61.0 Å². The van der Waals surface area contributed by atoms with E-state index in [1.165, 1.54) is 0 Å². The maximum atomic E-state index is 5.36. The van der Waals surface area contributed by atoms with Gasteiger partial charge < -0.3 is 10.5 Å². The molecule has 0 aliphatic carbocycles. The van der Waals surface area contributed by atoms with Crippen LogP contribution in [-0.4, -0.2) is 17.1 Å². The van der Waals surface area contributed by atoms with Crippen molar-refractivity contribution in [1.29, 1.82) is 0 Å². The molecule has 4 nitrogen and oxygen atoms in total. The SMILES string of the molecule is CCc1cnc(N)nc1OC. The fourth-order valence-electron chi connectivity index (χ4n) is 0.823. The van der Waals surface area contributed by atoms with Gasteiger partial charge in [0.2, 0.25) is 11.8 Å². The average Bonchev–Trinajstić information content (AvgIpc) is 2.04. The van der Waals surface area contributed by atoms with E-state index in [0.29, 0.717) is 5.88 Å². The van der Waals surface area contributed by atoms with E-state index in [1.54, 1.807) is 13.3 Å².